The van der Waals surface area contributed by atoms with E-state index in [-0.39, 0.29) is 12.4 Å². The van der Waals surface area contributed by atoms with Gasteiger partial charge in [0.15, 0.2) is 12.4 Å². The number of carboxylic acid groups (broad SMARTS) is 1. The summed E-state index contributed by atoms with van der Waals surface area (Å²) in [6.45, 7) is -0.356. The van der Waals surface area contributed by atoms with Gasteiger partial charge in [-0.1, -0.05) is 109 Å². The summed E-state index contributed by atoms with van der Waals surface area (Å²) in [7, 11) is 0. The van der Waals surface area contributed by atoms with Crippen molar-refractivity contribution in [3.05, 3.63) is 138 Å². The summed E-state index contributed by atoms with van der Waals surface area (Å²) in [6.07, 6.45) is 0. The Balaban J connectivity index is 1.65. The number of rotatable bonds is 8. The minimum atomic E-state index is -1.27. The number of likely N-dealkylation sites (tertiary alicyclic amines) is 1. The highest BCUT2D eigenvalue weighted by atomic mass is 16.5. The van der Waals surface area contributed by atoms with E-state index in [0.29, 0.717) is 22.4 Å². The lowest BCUT2D eigenvalue weighted by Crippen LogP contribution is -2.45. The zero-order valence-corrected chi connectivity index (χ0v) is 20.6. The molecule has 1 aliphatic heterocycles. The molecular weight excluding hydrogens is 478 g/mol. The molecule has 1 fully saturated rings. The molecule has 0 aromatic heterocycles. The minimum Gasteiger partial charge on any atom is -0.484 e. The molecule has 1 N–H and O–H groups in total. The molecule has 4 aromatic rings. The van der Waals surface area contributed by atoms with Gasteiger partial charge in [0.2, 0.25) is 0 Å². The van der Waals surface area contributed by atoms with E-state index in [0.717, 1.165) is 0 Å². The van der Waals surface area contributed by atoms with Crippen LogP contribution in [0.3, 0.4) is 0 Å². The van der Waals surface area contributed by atoms with Crippen molar-refractivity contribution in [1.82, 2.24) is 4.90 Å². The number of hydrogen-bond acceptors (Lipinski definition) is 4. The van der Waals surface area contributed by atoms with Crippen LogP contribution in [-0.2, 0) is 9.59 Å². The van der Waals surface area contributed by atoms with E-state index in [1.165, 1.54) is 4.90 Å². The predicted octanol–water partition coefficient (Wildman–Crippen LogP) is 5.39. The molecule has 0 radical (unpaired) electrons. The van der Waals surface area contributed by atoms with E-state index in [9.17, 15) is 19.5 Å². The number of ether oxygens (including phenoxy) is 1. The van der Waals surface area contributed by atoms with Gasteiger partial charge in [-0.15, -0.1) is 0 Å². The standard InChI is InChI=1S/C32H27NO5/c34-26(21-38-25-19-11-4-12-20-25)33-29(23-15-7-2-8-16-23)28(31(35)24-17-9-3-10-18-24)27(30(33)32(36)37)22-13-5-1-6-14-22/h1-20,27-30H,21H2,(H,36,37). The van der Waals surface area contributed by atoms with Gasteiger partial charge in [0.25, 0.3) is 5.91 Å². The van der Waals surface area contributed by atoms with E-state index < -0.39 is 35.8 Å². The quantitative estimate of drug-likeness (QED) is 0.325. The highest BCUT2D eigenvalue weighted by Crippen LogP contribution is 2.51. The van der Waals surface area contributed by atoms with Crippen molar-refractivity contribution in [2.45, 2.75) is 18.0 Å². The second-order valence-corrected chi connectivity index (χ2v) is 9.23. The van der Waals surface area contributed by atoms with Crippen LogP contribution in [0.2, 0.25) is 0 Å². The van der Waals surface area contributed by atoms with Gasteiger partial charge in [0, 0.05) is 11.5 Å². The van der Waals surface area contributed by atoms with E-state index in [1.807, 2.05) is 72.8 Å². The van der Waals surface area contributed by atoms with Crippen LogP contribution in [0.5, 0.6) is 5.75 Å². The molecule has 38 heavy (non-hydrogen) atoms. The number of carbonyl (C=O) groups excluding carboxylic acids is 2. The first kappa shape index (κ1) is 25.0. The maximum Gasteiger partial charge on any atom is 0.327 e. The summed E-state index contributed by atoms with van der Waals surface area (Å²) in [5.74, 6) is -2.98. The number of carboxylic acids is 1. The average molecular weight is 506 g/mol. The Hall–Kier alpha value is -4.71. The van der Waals surface area contributed by atoms with Gasteiger partial charge in [0.05, 0.1) is 12.0 Å². The van der Waals surface area contributed by atoms with Crippen molar-refractivity contribution in [3.8, 4) is 5.75 Å². The van der Waals surface area contributed by atoms with Crippen LogP contribution in [0, 0.1) is 5.92 Å². The zero-order chi connectivity index (χ0) is 26.5. The number of carbonyl (C=O) groups is 3. The van der Waals surface area contributed by atoms with Crippen LogP contribution >= 0.6 is 0 Å². The van der Waals surface area contributed by atoms with Gasteiger partial charge in [-0.05, 0) is 23.3 Å². The van der Waals surface area contributed by atoms with Crippen LogP contribution in [0.25, 0.3) is 0 Å². The molecule has 1 aliphatic rings. The fraction of sp³-hybridized carbons (Fsp3) is 0.156. The summed E-state index contributed by atoms with van der Waals surface area (Å²) >= 11 is 0. The van der Waals surface area contributed by atoms with Crippen molar-refractivity contribution in [1.29, 1.82) is 0 Å². The molecule has 1 amide bonds. The fourth-order valence-corrected chi connectivity index (χ4v) is 5.42. The van der Waals surface area contributed by atoms with Gasteiger partial charge in [-0.3, -0.25) is 9.59 Å². The van der Waals surface area contributed by atoms with Crippen LogP contribution < -0.4 is 4.74 Å². The number of amides is 1. The van der Waals surface area contributed by atoms with Crippen molar-refractivity contribution in [2.24, 2.45) is 5.92 Å². The molecule has 0 spiro atoms. The molecule has 6 nitrogen and oxygen atoms in total. The maximum absolute atomic E-state index is 14.2. The van der Waals surface area contributed by atoms with E-state index in [2.05, 4.69) is 0 Å². The van der Waals surface area contributed by atoms with Gasteiger partial charge < -0.3 is 14.7 Å². The molecule has 4 aromatic carbocycles. The summed E-state index contributed by atoms with van der Waals surface area (Å²) in [6, 6.07) is 33.9. The lowest BCUT2D eigenvalue weighted by Gasteiger charge is -2.30. The Morgan fingerprint density at radius 2 is 1.18 bits per heavy atom. The summed E-state index contributed by atoms with van der Waals surface area (Å²) in [4.78, 5) is 42.3. The number of Topliss-reactive ketones (excluding diaryl/α,β-unsaturated/α-hetero) is 1. The Morgan fingerprint density at radius 3 is 1.74 bits per heavy atom. The molecule has 0 bridgehead atoms. The molecule has 1 heterocycles. The second-order valence-electron chi connectivity index (χ2n) is 9.23. The number of hydrogen-bond donors (Lipinski definition) is 1. The first-order valence-electron chi connectivity index (χ1n) is 12.5. The lowest BCUT2D eigenvalue weighted by atomic mass is 9.76. The topological polar surface area (TPSA) is 83.9 Å². The van der Waals surface area contributed by atoms with Gasteiger partial charge in [-0.2, -0.15) is 0 Å². The summed E-state index contributed by atoms with van der Waals surface area (Å²) in [5, 5.41) is 10.5. The largest absolute Gasteiger partial charge is 0.484 e. The molecule has 6 heteroatoms. The molecule has 0 aliphatic carbocycles. The van der Waals surface area contributed by atoms with Gasteiger partial charge >= 0.3 is 5.97 Å². The monoisotopic (exact) mass is 505 g/mol. The number of ketones is 1. The molecule has 5 rings (SSSR count). The molecular formula is C32H27NO5. The number of para-hydroxylation sites is 1. The molecule has 4 unspecified atom stereocenters. The van der Waals surface area contributed by atoms with Crippen molar-refractivity contribution in [3.63, 3.8) is 0 Å². The van der Waals surface area contributed by atoms with E-state index >= 15 is 0 Å². The second kappa shape index (κ2) is 11.1. The third-order valence-electron chi connectivity index (χ3n) is 7.00. The van der Waals surface area contributed by atoms with Crippen LogP contribution in [-0.4, -0.2) is 40.3 Å². The Labute approximate surface area is 221 Å². The average Bonchev–Trinajstić information content (AvgIpc) is 3.34. The number of aliphatic carboxylic acids is 1. The SMILES string of the molecule is O=C(c1ccccc1)C1C(c2ccccc2)C(C(=O)O)N(C(=O)COc2ccccc2)C1c1ccccc1. The first-order valence-corrected chi connectivity index (χ1v) is 12.5. The maximum atomic E-state index is 14.2. The first-order chi connectivity index (χ1) is 18.6. The van der Waals surface area contributed by atoms with Crippen LogP contribution in [0.15, 0.2) is 121 Å². The fourth-order valence-electron chi connectivity index (χ4n) is 5.42. The highest BCUT2D eigenvalue weighted by molar-refractivity contribution is 6.01. The van der Waals surface area contributed by atoms with Crippen molar-refractivity contribution in [2.75, 3.05) is 6.61 Å². The van der Waals surface area contributed by atoms with Crippen LogP contribution in [0.1, 0.15) is 33.4 Å². The van der Waals surface area contributed by atoms with Gasteiger partial charge in [-0.25, -0.2) is 4.79 Å². The Bertz CT molecular complexity index is 1390. The lowest BCUT2D eigenvalue weighted by molar-refractivity contribution is -0.151. The summed E-state index contributed by atoms with van der Waals surface area (Å²) in [5.41, 5.74) is 1.85. The van der Waals surface area contributed by atoms with Gasteiger partial charge in [0.1, 0.15) is 11.8 Å². The normalized spacial score (nSPS) is 20.6. The Morgan fingerprint density at radius 1 is 0.684 bits per heavy atom. The predicted molar refractivity (Wildman–Crippen MR) is 143 cm³/mol. The number of nitrogens with zero attached hydrogens (tertiary/aromatic N) is 1. The molecule has 0 saturated carbocycles. The number of benzene rings is 4. The molecule has 1 saturated heterocycles. The smallest absolute Gasteiger partial charge is 0.327 e. The summed E-state index contributed by atoms with van der Waals surface area (Å²) < 4.78 is 5.74. The highest BCUT2D eigenvalue weighted by Gasteiger charge is 2.57. The third-order valence-corrected chi connectivity index (χ3v) is 7.00. The Kier molecular flexibility index (Phi) is 7.31. The van der Waals surface area contributed by atoms with E-state index in [1.54, 1.807) is 48.5 Å². The molecule has 190 valence electrons. The van der Waals surface area contributed by atoms with Crippen molar-refractivity contribution >= 4 is 17.7 Å². The zero-order valence-electron chi connectivity index (χ0n) is 20.6. The third kappa shape index (κ3) is 4.93. The van der Waals surface area contributed by atoms with Crippen LogP contribution in [0.4, 0.5) is 0 Å². The van der Waals surface area contributed by atoms with Crippen molar-refractivity contribution < 1.29 is 24.2 Å². The molecule has 4 atom stereocenters. The van der Waals surface area contributed by atoms with E-state index in [4.69, 9.17) is 4.74 Å². The minimum absolute atomic E-state index is 0.209.